The molecule has 0 heterocycles. The summed E-state index contributed by atoms with van der Waals surface area (Å²) < 4.78 is 0. The van der Waals surface area contributed by atoms with Gasteiger partial charge in [-0.2, -0.15) is 0 Å². The zero-order valence-electron chi connectivity index (χ0n) is 17.6. The molecule has 0 saturated carbocycles. The first kappa shape index (κ1) is 20.4. The van der Waals surface area contributed by atoms with Crippen LogP contribution in [0.25, 0.3) is 22.3 Å². The van der Waals surface area contributed by atoms with Crippen LogP contribution in [0.3, 0.4) is 0 Å². The monoisotopic (exact) mass is 408 g/mol. The fourth-order valence-electron chi connectivity index (χ4n) is 3.74. The summed E-state index contributed by atoms with van der Waals surface area (Å²) in [6, 6.07) is 28.1. The van der Waals surface area contributed by atoms with Crippen LogP contribution in [0.5, 0.6) is 5.75 Å². The number of carboxylic acid groups (broad SMARTS) is 1. The Kier molecular flexibility index (Phi) is 5.59. The standard InChI is InChI=1S/C28H24O3/c1-18-3-8-21(9-4-18)23-12-13-24(25(17-23)22-10-5-19(2)6-11-22)15-20-7-14-27(29)26(16-20)28(30)31/h3-14,16-17,29H,15H2,1-2H3,(H,30,31). The molecule has 0 amide bonds. The molecule has 0 bridgehead atoms. The predicted molar refractivity (Wildman–Crippen MR) is 125 cm³/mol. The number of hydrogen-bond donors (Lipinski definition) is 2. The second-order valence-corrected chi connectivity index (χ2v) is 7.94. The summed E-state index contributed by atoms with van der Waals surface area (Å²) in [6.45, 7) is 4.14. The maximum atomic E-state index is 11.4. The molecule has 0 unspecified atom stereocenters. The van der Waals surface area contributed by atoms with Gasteiger partial charge in [-0.25, -0.2) is 4.79 Å². The minimum atomic E-state index is -1.13. The number of aromatic hydroxyl groups is 1. The lowest BCUT2D eigenvalue weighted by atomic mass is 9.90. The van der Waals surface area contributed by atoms with Gasteiger partial charge in [0.1, 0.15) is 11.3 Å². The van der Waals surface area contributed by atoms with Crippen molar-refractivity contribution in [2.75, 3.05) is 0 Å². The van der Waals surface area contributed by atoms with Gasteiger partial charge in [0.25, 0.3) is 0 Å². The van der Waals surface area contributed by atoms with E-state index in [0.29, 0.717) is 6.42 Å². The van der Waals surface area contributed by atoms with Gasteiger partial charge in [0.2, 0.25) is 0 Å². The number of phenols is 1. The molecule has 2 N–H and O–H groups in total. The van der Waals surface area contributed by atoms with Gasteiger partial charge in [-0.3, -0.25) is 0 Å². The number of rotatable bonds is 5. The number of aromatic carboxylic acids is 1. The first-order valence-corrected chi connectivity index (χ1v) is 10.2. The van der Waals surface area contributed by atoms with Gasteiger partial charge in [0, 0.05) is 0 Å². The molecule has 0 fully saturated rings. The van der Waals surface area contributed by atoms with Crippen molar-refractivity contribution in [1.82, 2.24) is 0 Å². The molecule has 154 valence electrons. The van der Waals surface area contributed by atoms with Crippen LogP contribution in [0, 0.1) is 13.8 Å². The zero-order chi connectivity index (χ0) is 22.0. The normalized spacial score (nSPS) is 10.8. The van der Waals surface area contributed by atoms with Gasteiger partial charge in [-0.1, -0.05) is 77.9 Å². The first-order chi connectivity index (χ1) is 14.9. The molecule has 0 spiro atoms. The number of aryl methyl sites for hydroxylation is 2. The summed E-state index contributed by atoms with van der Waals surface area (Å²) in [5.74, 6) is -1.35. The van der Waals surface area contributed by atoms with Gasteiger partial charge < -0.3 is 10.2 Å². The van der Waals surface area contributed by atoms with E-state index in [-0.39, 0.29) is 11.3 Å². The Bertz CT molecular complexity index is 1240. The number of benzene rings is 4. The van der Waals surface area contributed by atoms with Crippen LogP contribution >= 0.6 is 0 Å². The van der Waals surface area contributed by atoms with Gasteiger partial charge >= 0.3 is 5.97 Å². The smallest absolute Gasteiger partial charge is 0.339 e. The number of carbonyl (C=O) groups is 1. The molecule has 0 radical (unpaired) electrons. The SMILES string of the molecule is Cc1ccc(-c2ccc(Cc3ccc(O)c(C(=O)O)c3)c(-c3ccc(C)cc3)c2)cc1. The summed E-state index contributed by atoms with van der Waals surface area (Å²) in [4.78, 5) is 11.4. The maximum Gasteiger partial charge on any atom is 0.339 e. The van der Waals surface area contributed by atoms with Crippen molar-refractivity contribution in [2.45, 2.75) is 20.3 Å². The lowest BCUT2D eigenvalue weighted by Gasteiger charge is -2.14. The van der Waals surface area contributed by atoms with Crippen LogP contribution in [0.15, 0.2) is 84.9 Å². The average Bonchev–Trinajstić information content (AvgIpc) is 2.76. The molecule has 4 rings (SSSR count). The van der Waals surface area contributed by atoms with Gasteiger partial charge in [-0.05, 0) is 71.8 Å². The summed E-state index contributed by atoms with van der Waals surface area (Å²) >= 11 is 0. The average molecular weight is 408 g/mol. The van der Waals surface area contributed by atoms with Gasteiger partial charge in [0.05, 0.1) is 0 Å². The molecule has 0 aliphatic rings. The van der Waals surface area contributed by atoms with Gasteiger partial charge in [0.15, 0.2) is 0 Å². The third kappa shape index (κ3) is 4.51. The quantitative estimate of drug-likeness (QED) is 0.389. The minimum Gasteiger partial charge on any atom is -0.507 e. The molecule has 0 saturated heterocycles. The highest BCUT2D eigenvalue weighted by Gasteiger charge is 2.13. The van der Waals surface area contributed by atoms with Gasteiger partial charge in [-0.15, -0.1) is 0 Å². The molecule has 31 heavy (non-hydrogen) atoms. The molecule has 3 nitrogen and oxygen atoms in total. The van der Waals surface area contributed by atoms with E-state index < -0.39 is 5.97 Å². The van der Waals surface area contributed by atoms with E-state index in [9.17, 15) is 15.0 Å². The molecule has 0 aromatic heterocycles. The van der Waals surface area contributed by atoms with E-state index in [4.69, 9.17) is 0 Å². The third-order valence-electron chi connectivity index (χ3n) is 5.54. The Morgan fingerprint density at radius 2 is 1.29 bits per heavy atom. The molecule has 0 aliphatic carbocycles. The molecular formula is C28H24O3. The fraction of sp³-hybridized carbons (Fsp3) is 0.107. The van der Waals surface area contributed by atoms with E-state index in [2.05, 4.69) is 80.6 Å². The summed E-state index contributed by atoms with van der Waals surface area (Å²) in [7, 11) is 0. The molecule has 0 atom stereocenters. The highest BCUT2D eigenvalue weighted by molar-refractivity contribution is 5.91. The van der Waals surface area contributed by atoms with E-state index in [1.807, 2.05) is 0 Å². The van der Waals surface area contributed by atoms with E-state index in [1.165, 1.54) is 17.2 Å². The van der Waals surface area contributed by atoms with Crippen molar-refractivity contribution in [2.24, 2.45) is 0 Å². The third-order valence-corrected chi connectivity index (χ3v) is 5.54. The van der Waals surface area contributed by atoms with Crippen molar-refractivity contribution >= 4 is 5.97 Å². The molecule has 4 aromatic rings. The number of hydrogen-bond acceptors (Lipinski definition) is 2. The molecule has 3 heteroatoms. The van der Waals surface area contributed by atoms with Crippen molar-refractivity contribution < 1.29 is 15.0 Å². The van der Waals surface area contributed by atoms with Crippen LogP contribution < -0.4 is 0 Å². The second kappa shape index (κ2) is 8.49. The van der Waals surface area contributed by atoms with Crippen LogP contribution in [0.2, 0.25) is 0 Å². The first-order valence-electron chi connectivity index (χ1n) is 10.2. The zero-order valence-corrected chi connectivity index (χ0v) is 17.6. The molecule has 4 aromatic carbocycles. The van der Waals surface area contributed by atoms with Crippen LogP contribution in [0.1, 0.15) is 32.6 Å². The van der Waals surface area contributed by atoms with Crippen molar-refractivity contribution in [3.63, 3.8) is 0 Å². The molecular weight excluding hydrogens is 384 g/mol. The summed E-state index contributed by atoms with van der Waals surface area (Å²) in [5, 5.41) is 19.2. The Morgan fingerprint density at radius 3 is 1.90 bits per heavy atom. The Morgan fingerprint density at radius 1 is 0.710 bits per heavy atom. The summed E-state index contributed by atoms with van der Waals surface area (Å²) in [5.41, 5.74) is 8.80. The Hall–Kier alpha value is -3.85. The fourth-order valence-corrected chi connectivity index (χ4v) is 3.74. The molecule has 0 aliphatic heterocycles. The van der Waals surface area contributed by atoms with E-state index in [1.54, 1.807) is 12.1 Å². The highest BCUT2D eigenvalue weighted by Crippen LogP contribution is 2.32. The van der Waals surface area contributed by atoms with E-state index in [0.717, 1.165) is 33.4 Å². The maximum absolute atomic E-state index is 11.4. The number of carboxylic acids is 1. The van der Waals surface area contributed by atoms with Crippen molar-refractivity contribution in [3.05, 3.63) is 113 Å². The predicted octanol–water partition coefficient (Wildman–Crippen LogP) is 6.63. The van der Waals surface area contributed by atoms with Crippen LogP contribution in [0.4, 0.5) is 0 Å². The van der Waals surface area contributed by atoms with Crippen molar-refractivity contribution in [1.29, 1.82) is 0 Å². The van der Waals surface area contributed by atoms with E-state index >= 15 is 0 Å². The minimum absolute atomic E-state index is 0.0781. The summed E-state index contributed by atoms with van der Waals surface area (Å²) in [6.07, 6.45) is 0.567. The van der Waals surface area contributed by atoms with Crippen LogP contribution in [-0.2, 0) is 6.42 Å². The van der Waals surface area contributed by atoms with Crippen molar-refractivity contribution in [3.8, 4) is 28.0 Å². The second-order valence-electron chi connectivity index (χ2n) is 7.94. The lowest BCUT2D eigenvalue weighted by molar-refractivity contribution is 0.0693. The Labute approximate surface area is 182 Å². The lowest BCUT2D eigenvalue weighted by Crippen LogP contribution is -2.00. The largest absolute Gasteiger partial charge is 0.507 e. The Balaban J connectivity index is 1.79. The van der Waals surface area contributed by atoms with Crippen LogP contribution in [-0.4, -0.2) is 16.2 Å². The topological polar surface area (TPSA) is 57.5 Å². The highest BCUT2D eigenvalue weighted by atomic mass is 16.4.